The summed E-state index contributed by atoms with van der Waals surface area (Å²) in [6, 6.07) is 44.4. The Morgan fingerprint density at radius 1 is 0.659 bits per heavy atom. The van der Waals surface area contributed by atoms with Gasteiger partial charge in [-0.25, -0.2) is 4.98 Å². The molecule has 6 aromatic carbocycles. The Morgan fingerprint density at radius 3 is 2.14 bits per heavy atom. The van der Waals surface area contributed by atoms with Crippen molar-refractivity contribution < 1.29 is 0 Å². The number of aromatic nitrogens is 1. The van der Waals surface area contributed by atoms with Crippen LogP contribution < -0.4 is 10.2 Å². The molecule has 4 heteroatoms. The van der Waals surface area contributed by atoms with E-state index in [1.54, 1.807) is 11.3 Å². The summed E-state index contributed by atoms with van der Waals surface area (Å²) >= 11 is 1.81. The van der Waals surface area contributed by atoms with Crippen molar-refractivity contribution in [1.29, 1.82) is 0 Å². The van der Waals surface area contributed by atoms with Crippen molar-refractivity contribution in [3.63, 3.8) is 0 Å². The van der Waals surface area contributed by atoms with Crippen molar-refractivity contribution in [2.45, 2.75) is 32.4 Å². The van der Waals surface area contributed by atoms with E-state index in [1.165, 1.54) is 70.6 Å². The summed E-state index contributed by atoms with van der Waals surface area (Å²) in [6.45, 7) is 6.81. The molecule has 1 aliphatic rings. The fourth-order valence-electron chi connectivity index (χ4n) is 6.94. The average molecular weight is 586 g/mol. The quantitative estimate of drug-likeness (QED) is 0.205. The molecule has 1 N–H and O–H groups in total. The molecule has 8 aromatic rings. The number of hydrogen-bond acceptors (Lipinski definition) is 4. The molecule has 0 bridgehead atoms. The van der Waals surface area contributed by atoms with Crippen LogP contribution in [0.4, 0.5) is 17.1 Å². The maximum Gasteiger partial charge on any atom is 0.132 e. The largest absolute Gasteiger partial charge is 0.359 e. The second-order valence-electron chi connectivity index (χ2n) is 12.9. The van der Waals surface area contributed by atoms with Crippen molar-refractivity contribution in [3.8, 4) is 0 Å². The molecule has 3 heterocycles. The first-order chi connectivity index (χ1) is 21.4. The summed E-state index contributed by atoms with van der Waals surface area (Å²) in [7, 11) is 0. The zero-order valence-corrected chi connectivity index (χ0v) is 25.7. The normalized spacial score (nSPS) is 15.1. The van der Waals surface area contributed by atoms with Crippen molar-refractivity contribution in [2.24, 2.45) is 0 Å². The molecule has 0 aliphatic carbocycles. The van der Waals surface area contributed by atoms with Gasteiger partial charge in [0.2, 0.25) is 0 Å². The van der Waals surface area contributed by atoms with E-state index < -0.39 is 0 Å². The first kappa shape index (κ1) is 25.6. The van der Waals surface area contributed by atoms with Gasteiger partial charge < -0.3 is 10.2 Å². The molecule has 0 radical (unpaired) electrons. The van der Waals surface area contributed by atoms with Crippen LogP contribution in [0, 0.1) is 0 Å². The summed E-state index contributed by atoms with van der Waals surface area (Å²) in [5.41, 5.74) is 7.33. The number of hydrogen-bond donors (Lipinski definition) is 1. The van der Waals surface area contributed by atoms with E-state index in [0.29, 0.717) is 0 Å². The molecule has 9 rings (SSSR count). The van der Waals surface area contributed by atoms with Gasteiger partial charge in [0.15, 0.2) is 0 Å². The lowest BCUT2D eigenvalue weighted by atomic mass is 9.87. The molecule has 0 saturated heterocycles. The smallest absolute Gasteiger partial charge is 0.132 e. The van der Waals surface area contributed by atoms with Gasteiger partial charge in [-0.05, 0) is 46.0 Å². The van der Waals surface area contributed by atoms with E-state index in [9.17, 15) is 0 Å². The highest BCUT2D eigenvalue weighted by Gasteiger charge is 2.34. The number of pyridine rings is 1. The van der Waals surface area contributed by atoms with Gasteiger partial charge in [-0.1, -0.05) is 118 Å². The summed E-state index contributed by atoms with van der Waals surface area (Å²) in [5, 5.41) is 12.6. The molecule has 0 saturated carbocycles. The Hall–Kier alpha value is -4.93. The molecule has 2 aromatic heterocycles. The van der Waals surface area contributed by atoms with E-state index in [1.807, 2.05) is 0 Å². The average Bonchev–Trinajstić information content (AvgIpc) is 3.62. The second kappa shape index (κ2) is 9.28. The number of anilines is 3. The molecule has 1 atom stereocenters. The standard InChI is InChI=1S/C40H31N3S/c1-40(2,3)27-18-20-28(21-19-27)43-34-22-17-25-10-5-7-12-30(25)36(34)41-38(43)32-14-8-13-31-33-23-26-16-15-24-9-4-6-11-29(24)35(26)42-39(33)44-37(31)32/h4-23,38,41H,1-3H3. The maximum atomic E-state index is 5.29. The van der Waals surface area contributed by atoms with Crippen LogP contribution in [0.25, 0.3) is 52.8 Å². The number of fused-ring (bicyclic) bond motifs is 9. The van der Waals surface area contributed by atoms with Crippen LogP contribution in [0.3, 0.4) is 0 Å². The minimum absolute atomic E-state index is 0.0664. The Balaban J connectivity index is 1.27. The molecule has 0 amide bonds. The van der Waals surface area contributed by atoms with Gasteiger partial charge in [-0.2, -0.15) is 0 Å². The van der Waals surface area contributed by atoms with Crippen LogP contribution in [0.1, 0.15) is 38.1 Å². The number of benzene rings is 6. The highest BCUT2D eigenvalue weighted by Crippen LogP contribution is 2.51. The third-order valence-corrected chi connectivity index (χ3v) is 10.4. The summed E-state index contributed by atoms with van der Waals surface area (Å²) in [4.78, 5) is 8.84. The fraction of sp³-hybridized carbons (Fsp3) is 0.125. The molecule has 0 fully saturated rings. The van der Waals surface area contributed by atoms with Gasteiger partial charge in [-0.3, -0.25) is 0 Å². The topological polar surface area (TPSA) is 28.2 Å². The molecule has 0 spiro atoms. The minimum atomic E-state index is -0.0664. The van der Waals surface area contributed by atoms with Gasteiger partial charge in [0.05, 0.1) is 16.9 Å². The molecule has 212 valence electrons. The molecular weight excluding hydrogens is 555 g/mol. The van der Waals surface area contributed by atoms with Crippen LogP contribution in [-0.2, 0) is 5.41 Å². The van der Waals surface area contributed by atoms with Crippen molar-refractivity contribution in [2.75, 3.05) is 10.2 Å². The maximum absolute atomic E-state index is 5.29. The van der Waals surface area contributed by atoms with E-state index in [2.05, 4.69) is 152 Å². The van der Waals surface area contributed by atoms with E-state index >= 15 is 0 Å². The van der Waals surface area contributed by atoms with Crippen LogP contribution in [0.5, 0.6) is 0 Å². The molecule has 44 heavy (non-hydrogen) atoms. The third-order valence-electron chi connectivity index (χ3n) is 9.22. The zero-order valence-electron chi connectivity index (χ0n) is 24.9. The predicted molar refractivity (Wildman–Crippen MR) is 190 cm³/mol. The summed E-state index contributed by atoms with van der Waals surface area (Å²) in [5.74, 6) is 0. The second-order valence-corrected chi connectivity index (χ2v) is 13.9. The number of thiophene rings is 1. The Morgan fingerprint density at radius 2 is 1.34 bits per heavy atom. The van der Waals surface area contributed by atoms with Gasteiger partial charge in [0, 0.05) is 42.9 Å². The van der Waals surface area contributed by atoms with Crippen molar-refractivity contribution in [3.05, 3.63) is 132 Å². The SMILES string of the molecule is CC(C)(C)c1ccc(N2c3ccc4ccccc4c3NC2c2cccc3c2sc2nc4c(ccc5ccccc54)cc23)cc1. The Labute approximate surface area is 260 Å². The van der Waals surface area contributed by atoms with Crippen LogP contribution in [0.2, 0.25) is 0 Å². The van der Waals surface area contributed by atoms with Crippen molar-refractivity contribution >= 4 is 81.1 Å². The Bertz CT molecular complexity index is 2410. The van der Waals surface area contributed by atoms with Crippen LogP contribution in [-0.4, -0.2) is 4.98 Å². The lowest BCUT2D eigenvalue weighted by molar-refractivity contribution is 0.590. The van der Waals surface area contributed by atoms with E-state index in [0.717, 1.165) is 10.3 Å². The predicted octanol–water partition coefficient (Wildman–Crippen LogP) is 11.5. The summed E-state index contributed by atoms with van der Waals surface area (Å²) < 4.78 is 1.28. The zero-order chi connectivity index (χ0) is 29.6. The molecule has 1 unspecified atom stereocenters. The first-order valence-corrected chi connectivity index (χ1v) is 16.1. The molecular formula is C40H31N3S. The van der Waals surface area contributed by atoms with Gasteiger partial charge in [0.1, 0.15) is 11.0 Å². The molecule has 3 nitrogen and oxygen atoms in total. The minimum Gasteiger partial charge on any atom is -0.359 e. The Kier molecular flexibility index (Phi) is 5.39. The number of nitrogens with one attached hydrogen (secondary N) is 1. The fourth-order valence-corrected chi connectivity index (χ4v) is 8.13. The summed E-state index contributed by atoms with van der Waals surface area (Å²) in [6.07, 6.45) is -0.0664. The van der Waals surface area contributed by atoms with Crippen LogP contribution in [0.15, 0.2) is 121 Å². The van der Waals surface area contributed by atoms with Crippen LogP contribution >= 0.6 is 11.3 Å². The van der Waals surface area contributed by atoms with E-state index in [-0.39, 0.29) is 11.6 Å². The third kappa shape index (κ3) is 3.77. The van der Waals surface area contributed by atoms with Gasteiger partial charge in [-0.15, -0.1) is 11.3 Å². The number of nitrogens with zero attached hydrogens (tertiary/aromatic N) is 2. The number of rotatable bonds is 2. The molecule has 1 aliphatic heterocycles. The highest BCUT2D eigenvalue weighted by atomic mass is 32.1. The highest BCUT2D eigenvalue weighted by molar-refractivity contribution is 7.25. The van der Waals surface area contributed by atoms with Crippen molar-refractivity contribution in [1.82, 2.24) is 4.98 Å². The van der Waals surface area contributed by atoms with Gasteiger partial charge >= 0.3 is 0 Å². The van der Waals surface area contributed by atoms with Gasteiger partial charge in [0.25, 0.3) is 0 Å². The lowest BCUT2D eigenvalue weighted by Gasteiger charge is -2.29. The lowest BCUT2D eigenvalue weighted by Crippen LogP contribution is -2.23. The first-order valence-electron chi connectivity index (χ1n) is 15.3. The monoisotopic (exact) mass is 585 g/mol. The van der Waals surface area contributed by atoms with E-state index in [4.69, 9.17) is 4.98 Å².